The van der Waals surface area contributed by atoms with Gasteiger partial charge < -0.3 is 4.90 Å². The molecule has 0 radical (unpaired) electrons. The molecular formula is C37H27N3. The van der Waals surface area contributed by atoms with Gasteiger partial charge in [0.1, 0.15) is 5.82 Å². The van der Waals surface area contributed by atoms with Gasteiger partial charge in [0.2, 0.25) is 0 Å². The quantitative estimate of drug-likeness (QED) is 0.221. The predicted octanol–water partition coefficient (Wildman–Crippen LogP) is 9.83. The van der Waals surface area contributed by atoms with Crippen molar-refractivity contribution in [2.75, 3.05) is 4.90 Å². The summed E-state index contributed by atoms with van der Waals surface area (Å²) in [6, 6.07) is 57.2. The van der Waals surface area contributed by atoms with E-state index in [-0.39, 0.29) is 0 Å². The zero-order chi connectivity index (χ0) is 26.7. The summed E-state index contributed by atoms with van der Waals surface area (Å²) in [6.45, 7) is 0. The summed E-state index contributed by atoms with van der Waals surface area (Å²) in [6.07, 6.45) is 0. The normalized spacial score (nSPS) is 11.0. The Hall–Kier alpha value is -5.41. The van der Waals surface area contributed by atoms with Gasteiger partial charge in [0.15, 0.2) is 0 Å². The number of nitrogens with zero attached hydrogens (tertiary/aromatic N) is 3. The minimum absolute atomic E-state index is 0.928. The summed E-state index contributed by atoms with van der Waals surface area (Å²) < 4.78 is 2.24. The molecule has 1 heterocycles. The number of aromatic nitrogens is 2. The number of para-hydroxylation sites is 4. The van der Waals surface area contributed by atoms with Crippen LogP contribution < -0.4 is 4.90 Å². The average Bonchev–Trinajstić information content (AvgIpc) is 3.43. The van der Waals surface area contributed by atoms with E-state index in [0.717, 1.165) is 45.2 Å². The topological polar surface area (TPSA) is 21.1 Å². The molecule has 6 aromatic carbocycles. The van der Waals surface area contributed by atoms with Crippen molar-refractivity contribution in [3.8, 4) is 28.2 Å². The van der Waals surface area contributed by atoms with Crippen molar-refractivity contribution >= 4 is 28.1 Å². The van der Waals surface area contributed by atoms with E-state index < -0.39 is 0 Å². The lowest BCUT2D eigenvalue weighted by molar-refractivity contribution is 1.10. The molecule has 0 fully saturated rings. The predicted molar refractivity (Wildman–Crippen MR) is 167 cm³/mol. The molecule has 0 atom stereocenters. The van der Waals surface area contributed by atoms with E-state index in [4.69, 9.17) is 4.98 Å². The van der Waals surface area contributed by atoms with E-state index in [0.29, 0.717) is 0 Å². The molecule has 3 heteroatoms. The third-order valence-electron chi connectivity index (χ3n) is 7.21. The molecule has 0 aliphatic rings. The van der Waals surface area contributed by atoms with Crippen molar-refractivity contribution in [2.45, 2.75) is 0 Å². The van der Waals surface area contributed by atoms with Crippen LogP contribution in [0.4, 0.5) is 17.1 Å². The van der Waals surface area contributed by atoms with Crippen molar-refractivity contribution in [2.24, 2.45) is 0 Å². The number of benzene rings is 6. The monoisotopic (exact) mass is 513 g/mol. The Bertz CT molecular complexity index is 1860. The molecule has 0 saturated heterocycles. The molecule has 0 amide bonds. The van der Waals surface area contributed by atoms with Crippen LogP contribution in [0, 0.1) is 0 Å². The van der Waals surface area contributed by atoms with Crippen molar-refractivity contribution in [1.29, 1.82) is 0 Å². The molecule has 3 nitrogen and oxygen atoms in total. The lowest BCUT2D eigenvalue weighted by Gasteiger charge is -2.26. The molecule has 0 saturated carbocycles. The molecule has 7 rings (SSSR count). The molecule has 7 aromatic rings. The second kappa shape index (κ2) is 10.4. The molecule has 0 spiro atoms. The van der Waals surface area contributed by atoms with Crippen molar-refractivity contribution < 1.29 is 0 Å². The second-order valence-corrected chi connectivity index (χ2v) is 9.73. The highest BCUT2D eigenvalue weighted by Gasteiger charge is 2.16. The number of fused-ring (bicyclic) bond motifs is 1. The first-order valence-corrected chi connectivity index (χ1v) is 13.5. The van der Waals surface area contributed by atoms with Gasteiger partial charge in [-0.15, -0.1) is 0 Å². The maximum absolute atomic E-state index is 5.04. The Morgan fingerprint density at radius 2 is 0.875 bits per heavy atom. The largest absolute Gasteiger partial charge is 0.311 e. The van der Waals surface area contributed by atoms with Gasteiger partial charge in [0.05, 0.1) is 11.0 Å². The molecule has 0 aliphatic heterocycles. The van der Waals surface area contributed by atoms with Gasteiger partial charge in [0.25, 0.3) is 0 Å². The summed E-state index contributed by atoms with van der Waals surface area (Å²) in [7, 11) is 0. The van der Waals surface area contributed by atoms with Crippen LogP contribution in [0.5, 0.6) is 0 Å². The number of anilines is 3. The van der Waals surface area contributed by atoms with E-state index in [1.807, 2.05) is 18.2 Å². The van der Waals surface area contributed by atoms with Gasteiger partial charge in [0, 0.05) is 28.3 Å². The SMILES string of the molecule is c1ccc(-c2ccc(N(c3ccccc3)c3ccc(-c4nc5ccccc5n4-c4ccccc4)cc3)cc2)cc1. The third kappa shape index (κ3) is 4.44. The zero-order valence-corrected chi connectivity index (χ0v) is 21.9. The zero-order valence-electron chi connectivity index (χ0n) is 21.9. The standard InChI is InChI=1S/C37H27N3/c1-4-12-28(13-5-1)29-20-24-33(25-21-29)39(31-14-6-2-7-15-31)34-26-22-30(23-27-34)37-38-35-18-10-11-19-36(35)40(37)32-16-8-3-9-17-32/h1-27H. The maximum Gasteiger partial charge on any atom is 0.145 e. The maximum atomic E-state index is 5.04. The van der Waals surface area contributed by atoms with Crippen molar-refractivity contribution in [3.05, 3.63) is 164 Å². The summed E-state index contributed by atoms with van der Waals surface area (Å²) in [4.78, 5) is 7.33. The third-order valence-corrected chi connectivity index (χ3v) is 7.21. The summed E-state index contributed by atoms with van der Waals surface area (Å²) in [5.74, 6) is 0.928. The van der Waals surface area contributed by atoms with Gasteiger partial charge in [-0.3, -0.25) is 4.57 Å². The van der Waals surface area contributed by atoms with E-state index in [9.17, 15) is 0 Å². The molecule has 0 N–H and O–H groups in total. The summed E-state index contributed by atoms with van der Waals surface area (Å²) >= 11 is 0. The lowest BCUT2D eigenvalue weighted by atomic mass is 10.0. The van der Waals surface area contributed by atoms with Crippen LogP contribution in [-0.2, 0) is 0 Å². The van der Waals surface area contributed by atoms with E-state index in [2.05, 4.69) is 155 Å². The van der Waals surface area contributed by atoms with Gasteiger partial charge >= 0.3 is 0 Å². The van der Waals surface area contributed by atoms with Gasteiger partial charge in [-0.1, -0.05) is 91.0 Å². The number of imidazole rings is 1. The Morgan fingerprint density at radius 3 is 1.52 bits per heavy atom. The van der Waals surface area contributed by atoms with Crippen LogP contribution in [0.25, 0.3) is 39.2 Å². The number of rotatable bonds is 6. The van der Waals surface area contributed by atoms with E-state index >= 15 is 0 Å². The first-order valence-electron chi connectivity index (χ1n) is 13.5. The fourth-order valence-corrected chi connectivity index (χ4v) is 5.28. The highest BCUT2D eigenvalue weighted by molar-refractivity contribution is 5.84. The number of hydrogen-bond acceptors (Lipinski definition) is 2. The fourth-order valence-electron chi connectivity index (χ4n) is 5.28. The minimum atomic E-state index is 0.928. The molecular weight excluding hydrogens is 486 g/mol. The fraction of sp³-hybridized carbons (Fsp3) is 0. The molecule has 1 aromatic heterocycles. The second-order valence-electron chi connectivity index (χ2n) is 9.73. The molecule has 190 valence electrons. The first-order chi connectivity index (χ1) is 19.8. The molecule has 0 aliphatic carbocycles. The van der Waals surface area contributed by atoms with Gasteiger partial charge in [-0.2, -0.15) is 0 Å². The Balaban J connectivity index is 1.30. The Kier molecular flexibility index (Phi) is 6.15. The highest BCUT2D eigenvalue weighted by Crippen LogP contribution is 2.37. The highest BCUT2D eigenvalue weighted by atomic mass is 15.1. The average molecular weight is 514 g/mol. The first kappa shape index (κ1) is 23.7. The summed E-state index contributed by atoms with van der Waals surface area (Å²) in [5.41, 5.74) is 9.96. The molecule has 0 unspecified atom stereocenters. The minimum Gasteiger partial charge on any atom is -0.311 e. The number of hydrogen-bond donors (Lipinski definition) is 0. The summed E-state index contributed by atoms with van der Waals surface area (Å²) in [5, 5.41) is 0. The Morgan fingerprint density at radius 1 is 0.400 bits per heavy atom. The Labute approximate surface area is 234 Å². The lowest BCUT2D eigenvalue weighted by Crippen LogP contribution is -2.09. The van der Waals surface area contributed by atoms with Crippen LogP contribution in [0.1, 0.15) is 0 Å². The van der Waals surface area contributed by atoms with Crippen molar-refractivity contribution in [3.63, 3.8) is 0 Å². The van der Waals surface area contributed by atoms with Crippen LogP contribution >= 0.6 is 0 Å². The van der Waals surface area contributed by atoms with Crippen LogP contribution in [-0.4, -0.2) is 9.55 Å². The van der Waals surface area contributed by atoms with Crippen molar-refractivity contribution in [1.82, 2.24) is 9.55 Å². The smallest absolute Gasteiger partial charge is 0.145 e. The van der Waals surface area contributed by atoms with Crippen LogP contribution in [0.2, 0.25) is 0 Å². The van der Waals surface area contributed by atoms with Gasteiger partial charge in [-0.25, -0.2) is 4.98 Å². The van der Waals surface area contributed by atoms with E-state index in [1.165, 1.54) is 11.1 Å². The van der Waals surface area contributed by atoms with E-state index in [1.54, 1.807) is 0 Å². The van der Waals surface area contributed by atoms with Crippen LogP contribution in [0.15, 0.2) is 164 Å². The molecule has 0 bridgehead atoms. The van der Waals surface area contributed by atoms with Gasteiger partial charge in [-0.05, 0) is 83.9 Å². The van der Waals surface area contributed by atoms with Crippen LogP contribution in [0.3, 0.4) is 0 Å². The molecule has 40 heavy (non-hydrogen) atoms.